The van der Waals surface area contributed by atoms with Gasteiger partial charge in [0.05, 0.1) is 13.2 Å². The van der Waals surface area contributed by atoms with Gasteiger partial charge in [0, 0.05) is 30.5 Å². The first-order chi connectivity index (χ1) is 11.5. The number of carbonyl (C=O) groups is 2. The lowest BCUT2D eigenvalue weighted by Crippen LogP contribution is -2.36. The number of benzene rings is 1. The summed E-state index contributed by atoms with van der Waals surface area (Å²) in [4.78, 5) is 25.9. The Morgan fingerprint density at radius 3 is 2.42 bits per heavy atom. The summed E-state index contributed by atoms with van der Waals surface area (Å²) in [6.45, 7) is 8.32. The SMILES string of the molecule is CC(C)=CC(=O)OC(C)C(=O)Nc1ccc(N2CCOCC2)cc1. The Balaban J connectivity index is 1.89. The van der Waals surface area contributed by atoms with Crippen LogP contribution in [-0.4, -0.2) is 44.3 Å². The third-order valence-electron chi connectivity index (χ3n) is 3.58. The van der Waals surface area contributed by atoms with Gasteiger partial charge in [0.15, 0.2) is 6.10 Å². The van der Waals surface area contributed by atoms with E-state index in [0.717, 1.165) is 37.6 Å². The number of ether oxygens (including phenoxy) is 2. The molecule has 2 rings (SSSR count). The molecular weight excluding hydrogens is 308 g/mol. The van der Waals surface area contributed by atoms with Crippen molar-refractivity contribution >= 4 is 23.3 Å². The summed E-state index contributed by atoms with van der Waals surface area (Å²) in [7, 11) is 0. The van der Waals surface area contributed by atoms with E-state index < -0.39 is 12.1 Å². The van der Waals surface area contributed by atoms with Crippen LogP contribution in [0.5, 0.6) is 0 Å². The molecule has 1 unspecified atom stereocenters. The van der Waals surface area contributed by atoms with Crippen LogP contribution in [-0.2, 0) is 19.1 Å². The highest BCUT2D eigenvalue weighted by molar-refractivity contribution is 5.96. The fourth-order valence-electron chi connectivity index (χ4n) is 2.32. The largest absolute Gasteiger partial charge is 0.449 e. The molecule has 1 atom stereocenters. The minimum Gasteiger partial charge on any atom is -0.449 e. The molecule has 1 aliphatic rings. The maximum atomic E-state index is 12.1. The van der Waals surface area contributed by atoms with Gasteiger partial charge in [0.2, 0.25) is 0 Å². The van der Waals surface area contributed by atoms with E-state index in [1.165, 1.54) is 6.08 Å². The number of anilines is 2. The molecule has 1 amide bonds. The van der Waals surface area contributed by atoms with Gasteiger partial charge in [-0.15, -0.1) is 0 Å². The zero-order valence-electron chi connectivity index (χ0n) is 14.4. The second kappa shape index (κ2) is 8.49. The van der Waals surface area contributed by atoms with Crippen molar-refractivity contribution in [2.24, 2.45) is 0 Å². The van der Waals surface area contributed by atoms with Crippen LogP contribution in [0.1, 0.15) is 20.8 Å². The van der Waals surface area contributed by atoms with Crippen LogP contribution in [0.3, 0.4) is 0 Å². The normalized spacial score (nSPS) is 15.4. The quantitative estimate of drug-likeness (QED) is 0.662. The maximum absolute atomic E-state index is 12.1. The van der Waals surface area contributed by atoms with Gasteiger partial charge in [-0.1, -0.05) is 5.57 Å². The number of amides is 1. The highest BCUT2D eigenvalue weighted by atomic mass is 16.5. The number of nitrogens with zero attached hydrogens (tertiary/aromatic N) is 1. The van der Waals surface area contributed by atoms with Gasteiger partial charge in [-0.25, -0.2) is 4.79 Å². The van der Waals surface area contributed by atoms with Crippen molar-refractivity contribution in [1.82, 2.24) is 0 Å². The lowest BCUT2D eigenvalue weighted by Gasteiger charge is -2.28. The first-order valence-corrected chi connectivity index (χ1v) is 8.05. The van der Waals surface area contributed by atoms with Gasteiger partial charge in [-0.05, 0) is 45.0 Å². The molecule has 0 spiro atoms. The lowest BCUT2D eigenvalue weighted by molar-refractivity contribution is -0.148. The van der Waals surface area contributed by atoms with Crippen LogP contribution >= 0.6 is 0 Å². The number of esters is 1. The molecular formula is C18H24N2O4. The van der Waals surface area contributed by atoms with Crippen molar-refractivity contribution in [2.45, 2.75) is 26.9 Å². The number of rotatable bonds is 5. The minimum absolute atomic E-state index is 0.357. The van der Waals surface area contributed by atoms with Gasteiger partial charge in [-0.2, -0.15) is 0 Å². The number of carbonyl (C=O) groups excluding carboxylic acids is 2. The highest BCUT2D eigenvalue weighted by Crippen LogP contribution is 2.19. The molecule has 0 bridgehead atoms. The van der Waals surface area contributed by atoms with Crippen LogP contribution < -0.4 is 10.2 Å². The molecule has 1 saturated heterocycles. The zero-order valence-corrected chi connectivity index (χ0v) is 14.4. The molecule has 1 aliphatic heterocycles. The predicted molar refractivity (Wildman–Crippen MR) is 93.1 cm³/mol. The number of hydrogen-bond acceptors (Lipinski definition) is 5. The Bertz CT molecular complexity index is 600. The van der Waals surface area contributed by atoms with E-state index in [9.17, 15) is 9.59 Å². The molecule has 1 fully saturated rings. The number of nitrogens with one attached hydrogen (secondary N) is 1. The zero-order chi connectivity index (χ0) is 17.5. The molecule has 0 aromatic heterocycles. The van der Waals surface area contributed by atoms with Gasteiger partial charge in [0.25, 0.3) is 5.91 Å². The average molecular weight is 332 g/mol. The van der Waals surface area contributed by atoms with Crippen LogP contribution in [0.25, 0.3) is 0 Å². The molecule has 1 aromatic carbocycles. The Labute approximate surface area is 142 Å². The Hall–Kier alpha value is -2.34. The third kappa shape index (κ3) is 5.38. The van der Waals surface area contributed by atoms with E-state index in [1.807, 2.05) is 24.3 Å². The Morgan fingerprint density at radius 1 is 1.21 bits per heavy atom. The summed E-state index contributed by atoms with van der Waals surface area (Å²) in [6, 6.07) is 7.60. The fourth-order valence-corrected chi connectivity index (χ4v) is 2.32. The monoisotopic (exact) mass is 332 g/mol. The minimum atomic E-state index is -0.855. The van der Waals surface area contributed by atoms with Crippen LogP contribution in [0.15, 0.2) is 35.9 Å². The van der Waals surface area contributed by atoms with Crippen LogP contribution in [0.2, 0.25) is 0 Å². The molecule has 1 N–H and O–H groups in total. The summed E-state index contributed by atoms with van der Waals surface area (Å²) >= 11 is 0. The van der Waals surface area contributed by atoms with Crippen molar-refractivity contribution in [2.75, 3.05) is 36.5 Å². The molecule has 6 nitrogen and oxygen atoms in total. The van der Waals surface area contributed by atoms with E-state index in [0.29, 0.717) is 5.69 Å². The predicted octanol–water partition coefficient (Wildman–Crippen LogP) is 2.36. The van der Waals surface area contributed by atoms with Crippen molar-refractivity contribution in [1.29, 1.82) is 0 Å². The second-order valence-corrected chi connectivity index (χ2v) is 5.94. The van der Waals surface area contributed by atoms with Gasteiger partial charge in [-0.3, -0.25) is 4.79 Å². The molecule has 6 heteroatoms. The van der Waals surface area contributed by atoms with Crippen LogP contribution in [0, 0.1) is 0 Å². The standard InChI is InChI=1S/C18H24N2O4/c1-13(2)12-17(21)24-14(3)18(22)19-15-4-6-16(7-5-15)20-8-10-23-11-9-20/h4-7,12,14H,8-11H2,1-3H3,(H,19,22). The van der Waals surface area contributed by atoms with Crippen molar-refractivity contribution < 1.29 is 19.1 Å². The molecule has 1 aromatic rings. The first kappa shape index (κ1) is 18.0. The van der Waals surface area contributed by atoms with Gasteiger partial charge in [0.1, 0.15) is 0 Å². The average Bonchev–Trinajstić information content (AvgIpc) is 2.55. The summed E-state index contributed by atoms with van der Waals surface area (Å²) in [5, 5.41) is 2.75. The second-order valence-electron chi connectivity index (χ2n) is 5.94. The molecule has 0 saturated carbocycles. The molecule has 130 valence electrons. The molecule has 0 radical (unpaired) electrons. The van der Waals surface area contributed by atoms with E-state index in [1.54, 1.807) is 20.8 Å². The topological polar surface area (TPSA) is 67.9 Å². The number of allylic oxidation sites excluding steroid dienone is 1. The summed E-state index contributed by atoms with van der Waals surface area (Å²) < 4.78 is 10.4. The van der Waals surface area contributed by atoms with Gasteiger partial charge >= 0.3 is 5.97 Å². The van der Waals surface area contributed by atoms with Gasteiger partial charge < -0.3 is 19.7 Å². The highest BCUT2D eigenvalue weighted by Gasteiger charge is 2.17. The molecule has 0 aliphatic carbocycles. The van der Waals surface area contributed by atoms with Crippen LogP contribution in [0.4, 0.5) is 11.4 Å². The van der Waals surface area contributed by atoms with Crippen molar-refractivity contribution in [3.8, 4) is 0 Å². The van der Waals surface area contributed by atoms with E-state index in [-0.39, 0.29) is 5.91 Å². The Morgan fingerprint density at radius 2 is 1.83 bits per heavy atom. The summed E-state index contributed by atoms with van der Waals surface area (Å²) in [5.41, 5.74) is 2.59. The number of hydrogen-bond donors (Lipinski definition) is 1. The maximum Gasteiger partial charge on any atom is 0.331 e. The third-order valence-corrected chi connectivity index (χ3v) is 3.58. The number of morpholine rings is 1. The molecule has 1 heterocycles. The first-order valence-electron chi connectivity index (χ1n) is 8.05. The van der Waals surface area contributed by atoms with E-state index >= 15 is 0 Å². The Kier molecular flexibility index (Phi) is 6.37. The summed E-state index contributed by atoms with van der Waals surface area (Å²) in [5.74, 6) is -0.870. The smallest absolute Gasteiger partial charge is 0.331 e. The fraction of sp³-hybridized carbons (Fsp3) is 0.444. The van der Waals surface area contributed by atoms with Crippen molar-refractivity contribution in [3.63, 3.8) is 0 Å². The van der Waals surface area contributed by atoms with E-state index in [4.69, 9.17) is 9.47 Å². The summed E-state index contributed by atoms with van der Waals surface area (Å²) in [6.07, 6.45) is 0.507. The van der Waals surface area contributed by atoms with Crippen molar-refractivity contribution in [3.05, 3.63) is 35.9 Å². The van der Waals surface area contributed by atoms with E-state index in [2.05, 4.69) is 10.2 Å². The molecule has 24 heavy (non-hydrogen) atoms. The lowest BCUT2D eigenvalue weighted by atomic mass is 10.2.